The molecule has 0 amide bonds. The molecule has 0 aliphatic carbocycles. The van der Waals surface area contributed by atoms with E-state index in [2.05, 4.69) is 17.4 Å². The molecule has 1 heterocycles. The summed E-state index contributed by atoms with van der Waals surface area (Å²) in [7, 11) is 1.66. The molecule has 0 fully saturated rings. The van der Waals surface area contributed by atoms with Gasteiger partial charge >= 0.3 is 0 Å². The molecular weight excluding hydrogens is 268 g/mol. The van der Waals surface area contributed by atoms with E-state index in [9.17, 15) is 0 Å². The van der Waals surface area contributed by atoms with Crippen LogP contribution < -0.4 is 10.1 Å². The molecule has 5 heteroatoms. The van der Waals surface area contributed by atoms with E-state index in [1.54, 1.807) is 7.11 Å². The van der Waals surface area contributed by atoms with Gasteiger partial charge in [0.25, 0.3) is 0 Å². The number of aromatic nitrogens is 1. The van der Waals surface area contributed by atoms with Crippen LogP contribution in [0.3, 0.4) is 0 Å². The Bertz CT molecular complexity index is 540. The van der Waals surface area contributed by atoms with Crippen molar-refractivity contribution in [2.24, 2.45) is 0 Å². The van der Waals surface area contributed by atoms with Gasteiger partial charge in [-0.15, -0.1) is 0 Å². The SMILES string of the molecule is CCCNCc1cc(COCc2cccc(OC)c2)on1. The topological polar surface area (TPSA) is 56.5 Å². The fourth-order valence-corrected chi connectivity index (χ4v) is 1.93. The molecular formula is C16H22N2O3. The maximum atomic E-state index is 5.63. The molecule has 1 aromatic carbocycles. The third kappa shape index (κ3) is 5.21. The first-order valence-corrected chi connectivity index (χ1v) is 7.17. The highest BCUT2D eigenvalue weighted by Crippen LogP contribution is 2.14. The van der Waals surface area contributed by atoms with Crippen LogP contribution in [0.4, 0.5) is 0 Å². The van der Waals surface area contributed by atoms with Crippen LogP contribution in [0.5, 0.6) is 5.75 Å². The molecule has 2 rings (SSSR count). The van der Waals surface area contributed by atoms with Crippen LogP contribution >= 0.6 is 0 Å². The van der Waals surface area contributed by atoms with Crippen molar-refractivity contribution in [2.75, 3.05) is 13.7 Å². The van der Waals surface area contributed by atoms with Crippen molar-refractivity contribution in [3.63, 3.8) is 0 Å². The molecule has 0 aliphatic rings. The third-order valence-corrected chi connectivity index (χ3v) is 2.99. The molecule has 2 aromatic rings. The quantitative estimate of drug-likeness (QED) is 0.720. The zero-order valence-corrected chi connectivity index (χ0v) is 12.6. The number of methoxy groups -OCH3 is 1. The predicted octanol–water partition coefficient (Wildman–Crippen LogP) is 2.90. The molecule has 5 nitrogen and oxygen atoms in total. The molecule has 0 saturated heterocycles. The van der Waals surface area contributed by atoms with Gasteiger partial charge in [0.05, 0.1) is 19.4 Å². The minimum Gasteiger partial charge on any atom is -0.497 e. The maximum absolute atomic E-state index is 5.63. The van der Waals surface area contributed by atoms with E-state index in [-0.39, 0.29) is 0 Å². The largest absolute Gasteiger partial charge is 0.497 e. The van der Waals surface area contributed by atoms with Crippen LogP contribution in [0.2, 0.25) is 0 Å². The van der Waals surface area contributed by atoms with E-state index in [0.29, 0.717) is 13.2 Å². The average molecular weight is 290 g/mol. The summed E-state index contributed by atoms with van der Waals surface area (Å²) in [6.45, 7) is 4.77. The van der Waals surface area contributed by atoms with Crippen LogP contribution in [0.15, 0.2) is 34.9 Å². The Hall–Kier alpha value is -1.85. The van der Waals surface area contributed by atoms with Crippen LogP contribution in [0, 0.1) is 0 Å². The van der Waals surface area contributed by atoms with Crippen molar-refractivity contribution < 1.29 is 14.0 Å². The van der Waals surface area contributed by atoms with Gasteiger partial charge in [-0.3, -0.25) is 0 Å². The minimum atomic E-state index is 0.415. The zero-order valence-electron chi connectivity index (χ0n) is 12.6. The minimum absolute atomic E-state index is 0.415. The van der Waals surface area contributed by atoms with Crippen molar-refractivity contribution in [3.8, 4) is 5.75 Å². The van der Waals surface area contributed by atoms with Gasteiger partial charge in [-0.2, -0.15) is 0 Å². The lowest BCUT2D eigenvalue weighted by atomic mass is 10.2. The molecule has 0 atom stereocenters. The van der Waals surface area contributed by atoms with Crippen LogP contribution in [0.25, 0.3) is 0 Å². The molecule has 1 aromatic heterocycles. The number of ether oxygens (including phenoxy) is 2. The summed E-state index contributed by atoms with van der Waals surface area (Å²) in [6.07, 6.45) is 1.11. The number of nitrogens with one attached hydrogen (secondary N) is 1. The van der Waals surface area contributed by atoms with E-state index >= 15 is 0 Å². The fourth-order valence-electron chi connectivity index (χ4n) is 1.93. The Balaban J connectivity index is 1.75. The summed E-state index contributed by atoms with van der Waals surface area (Å²) < 4.78 is 16.1. The van der Waals surface area contributed by atoms with E-state index < -0.39 is 0 Å². The standard InChI is InChI=1S/C16H22N2O3/c1-3-7-17-10-14-9-16(21-18-14)12-20-11-13-5-4-6-15(8-13)19-2/h4-6,8-9,17H,3,7,10-12H2,1-2H3. The number of hydrogen-bond acceptors (Lipinski definition) is 5. The molecule has 114 valence electrons. The smallest absolute Gasteiger partial charge is 0.162 e. The Kier molecular flexibility index (Phi) is 6.24. The molecule has 0 spiro atoms. The van der Waals surface area contributed by atoms with Crippen molar-refractivity contribution in [3.05, 3.63) is 47.3 Å². The predicted molar refractivity (Wildman–Crippen MR) is 80.0 cm³/mol. The number of hydrogen-bond donors (Lipinski definition) is 1. The Morgan fingerprint density at radius 2 is 2.14 bits per heavy atom. The van der Waals surface area contributed by atoms with Crippen LogP contribution in [-0.4, -0.2) is 18.8 Å². The van der Waals surface area contributed by atoms with Crippen LogP contribution in [-0.2, 0) is 24.5 Å². The lowest BCUT2D eigenvalue weighted by Gasteiger charge is -2.04. The first-order chi connectivity index (χ1) is 10.3. The number of benzene rings is 1. The lowest BCUT2D eigenvalue weighted by Crippen LogP contribution is -2.13. The molecule has 0 bridgehead atoms. The summed E-state index contributed by atoms with van der Waals surface area (Å²) in [5.41, 5.74) is 1.97. The van der Waals surface area contributed by atoms with Crippen molar-refractivity contribution in [1.82, 2.24) is 10.5 Å². The second-order valence-corrected chi connectivity index (χ2v) is 4.81. The Labute approximate surface area is 125 Å². The van der Waals surface area contributed by atoms with Gasteiger partial charge in [0.15, 0.2) is 5.76 Å². The van der Waals surface area contributed by atoms with Crippen molar-refractivity contribution in [2.45, 2.75) is 33.1 Å². The third-order valence-electron chi connectivity index (χ3n) is 2.99. The molecule has 0 saturated carbocycles. The monoisotopic (exact) mass is 290 g/mol. The van der Waals surface area contributed by atoms with E-state index in [4.69, 9.17) is 14.0 Å². The van der Waals surface area contributed by atoms with Gasteiger partial charge in [0.1, 0.15) is 12.4 Å². The summed E-state index contributed by atoms with van der Waals surface area (Å²) in [5, 5.41) is 7.29. The molecule has 0 aliphatic heterocycles. The number of rotatable bonds is 9. The zero-order chi connectivity index (χ0) is 14.9. The second-order valence-electron chi connectivity index (χ2n) is 4.81. The molecule has 21 heavy (non-hydrogen) atoms. The van der Waals surface area contributed by atoms with Gasteiger partial charge in [-0.25, -0.2) is 0 Å². The van der Waals surface area contributed by atoms with E-state index in [0.717, 1.165) is 42.3 Å². The molecule has 1 N–H and O–H groups in total. The Morgan fingerprint density at radius 1 is 1.24 bits per heavy atom. The summed E-state index contributed by atoms with van der Waals surface area (Å²) in [5.74, 6) is 1.58. The highest BCUT2D eigenvalue weighted by molar-refractivity contribution is 5.27. The first kappa shape index (κ1) is 15.5. The highest BCUT2D eigenvalue weighted by atomic mass is 16.5. The first-order valence-electron chi connectivity index (χ1n) is 7.17. The Morgan fingerprint density at radius 3 is 2.95 bits per heavy atom. The highest BCUT2D eigenvalue weighted by Gasteiger charge is 2.04. The lowest BCUT2D eigenvalue weighted by molar-refractivity contribution is 0.0882. The normalized spacial score (nSPS) is 10.8. The van der Waals surface area contributed by atoms with Gasteiger partial charge in [0, 0.05) is 12.6 Å². The fraction of sp³-hybridized carbons (Fsp3) is 0.438. The van der Waals surface area contributed by atoms with Crippen molar-refractivity contribution >= 4 is 0 Å². The van der Waals surface area contributed by atoms with E-state index in [1.165, 1.54) is 0 Å². The average Bonchev–Trinajstić information content (AvgIpc) is 2.96. The van der Waals surface area contributed by atoms with Gasteiger partial charge in [0.2, 0.25) is 0 Å². The van der Waals surface area contributed by atoms with Crippen molar-refractivity contribution in [1.29, 1.82) is 0 Å². The van der Waals surface area contributed by atoms with Gasteiger partial charge in [-0.1, -0.05) is 24.2 Å². The molecule has 0 radical (unpaired) electrons. The maximum Gasteiger partial charge on any atom is 0.162 e. The van der Waals surface area contributed by atoms with Gasteiger partial charge < -0.3 is 19.3 Å². The summed E-state index contributed by atoms with van der Waals surface area (Å²) >= 11 is 0. The summed E-state index contributed by atoms with van der Waals surface area (Å²) in [6, 6.07) is 9.75. The second kappa shape index (κ2) is 8.44. The van der Waals surface area contributed by atoms with Gasteiger partial charge in [-0.05, 0) is 30.7 Å². The number of nitrogens with zero attached hydrogens (tertiary/aromatic N) is 1. The van der Waals surface area contributed by atoms with E-state index in [1.807, 2.05) is 30.3 Å². The van der Waals surface area contributed by atoms with Crippen LogP contribution in [0.1, 0.15) is 30.4 Å². The molecule has 0 unspecified atom stereocenters. The summed E-state index contributed by atoms with van der Waals surface area (Å²) in [4.78, 5) is 0.